The van der Waals surface area contributed by atoms with E-state index in [0.717, 1.165) is 21.9 Å². The lowest BCUT2D eigenvalue weighted by molar-refractivity contribution is -0.119. The number of anilines is 7. The molecule has 0 fully saturated rings. The number of fused-ring (bicyclic) bond motifs is 4. The number of aryl methyl sites for hydroxylation is 10. The van der Waals surface area contributed by atoms with E-state index in [9.17, 15) is 77.0 Å². The molecule has 10 N–H and O–H groups in total. The van der Waals surface area contributed by atoms with Gasteiger partial charge in [0.25, 0.3) is 41.4 Å². The van der Waals surface area contributed by atoms with Gasteiger partial charge in [-0.05, 0) is 89.0 Å². The van der Waals surface area contributed by atoms with Gasteiger partial charge in [-0.25, -0.2) is 24.9 Å². The van der Waals surface area contributed by atoms with E-state index in [4.69, 9.17) is 11.6 Å². The van der Waals surface area contributed by atoms with Crippen LogP contribution in [-0.2, 0) is 122 Å². The fourth-order valence-electron chi connectivity index (χ4n) is 16.9. The first-order valence-corrected chi connectivity index (χ1v) is 44.1. The second kappa shape index (κ2) is 40.0. The third-order valence-electron chi connectivity index (χ3n) is 23.3. The lowest BCUT2D eigenvalue weighted by Crippen LogP contribution is -2.30. The number of aromatic hydroxyl groups is 1. The van der Waals surface area contributed by atoms with Crippen LogP contribution in [-0.4, -0.2) is 194 Å². The Morgan fingerprint density at radius 3 is 1.45 bits per heavy atom. The summed E-state index contributed by atoms with van der Waals surface area (Å²) in [5.74, 6) is -5.72. The highest BCUT2D eigenvalue weighted by Gasteiger charge is 2.37. The number of phenols is 1. The number of hydrogen-bond donors (Lipinski definition) is 10. The third kappa shape index (κ3) is 21.5. The summed E-state index contributed by atoms with van der Waals surface area (Å²) in [5.41, 5.74) is 7.24. The summed E-state index contributed by atoms with van der Waals surface area (Å²) in [6.45, 7) is 1.67. The van der Waals surface area contributed by atoms with Gasteiger partial charge in [0.05, 0.1) is 58.4 Å². The van der Waals surface area contributed by atoms with Crippen molar-refractivity contribution in [2.24, 2.45) is 70.5 Å². The summed E-state index contributed by atoms with van der Waals surface area (Å²) in [4.78, 5) is 227. The van der Waals surface area contributed by atoms with Crippen LogP contribution in [0.2, 0.25) is 0 Å². The number of imidazole rings is 5. The Kier molecular flexibility index (Phi) is 27.7. The van der Waals surface area contributed by atoms with Crippen LogP contribution in [0.1, 0.15) is 201 Å². The number of nitrogens with one attached hydrogen (secondary N) is 9. The second-order valence-electron chi connectivity index (χ2n) is 34.0. The fraction of sp³-hybridized carbons (Fsp3) is 0.284. The highest BCUT2D eigenvalue weighted by Crippen LogP contribution is 2.46. The Labute approximate surface area is 786 Å². The molecule has 1 aliphatic heterocycles. The van der Waals surface area contributed by atoms with Gasteiger partial charge in [0.2, 0.25) is 40.9 Å². The van der Waals surface area contributed by atoms with Crippen LogP contribution in [0, 0.1) is 0 Å². The molecule has 9 amide bonds. The Morgan fingerprint density at radius 2 is 0.876 bits per heavy atom. The van der Waals surface area contributed by atoms with E-state index in [1.807, 2.05) is 42.5 Å². The molecule has 0 aliphatic carbocycles. The summed E-state index contributed by atoms with van der Waals surface area (Å²) in [7, 11) is 16.2. The molecule has 0 saturated heterocycles. The first kappa shape index (κ1) is 94.9. The Morgan fingerprint density at radius 1 is 0.401 bits per heavy atom. The van der Waals surface area contributed by atoms with Crippen LogP contribution in [0.4, 0.5) is 40.2 Å². The molecule has 0 radical (unpaired) electrons. The van der Waals surface area contributed by atoms with Crippen molar-refractivity contribution in [2.45, 2.75) is 83.5 Å². The topological polar surface area (TPSA) is 505 Å². The highest BCUT2D eigenvalue weighted by atomic mass is 35.5. The molecule has 42 heteroatoms. The number of hydrogen-bond acceptors (Lipinski definition) is 21. The van der Waals surface area contributed by atoms with Crippen molar-refractivity contribution in [3.63, 3.8) is 0 Å². The van der Waals surface area contributed by atoms with E-state index in [2.05, 4.69) is 72.4 Å². The van der Waals surface area contributed by atoms with Gasteiger partial charge in [0, 0.05) is 238 Å². The van der Waals surface area contributed by atoms with E-state index in [0.29, 0.717) is 68.6 Å². The summed E-state index contributed by atoms with van der Waals surface area (Å²) in [6.07, 6.45) is 15.8. The van der Waals surface area contributed by atoms with Gasteiger partial charge in [0.15, 0.2) is 40.7 Å². The van der Waals surface area contributed by atoms with Crippen molar-refractivity contribution in [1.29, 1.82) is 0 Å². The molecular weight excluding hydrogens is 1780 g/mol. The SMILES string of the molecule is CC(=O)Nc1cn(C)c(C(=O)Nc2cn(C)c(C(=O)Nc3cc(C(=O)NCCC(=O)Nc4cn(C)c(C(=O)Nc5cc(C(=O)Nc6cc(C(=O)NCCCC(=O)Cc7cn(C)c(C(=O)Cc8cn(C)c(C(=O)Cc9cc(C(=O)CCCC(=O)Cc%10cc(C(=O)Cc%11ccc%12[nH]c(C(=O)N%13CC(CCl)c%14c%13cc(O)c%13ccccc%14%13)cc%12c%11)n(C)c%10)n(C)c9)n8)n7)n(C)c6)n(C)c5)n4)n(C)c3)n2)n1. The Bertz CT molecular complexity index is 7280. The van der Waals surface area contributed by atoms with Crippen LogP contribution in [0.25, 0.3) is 21.7 Å². The highest BCUT2D eigenvalue weighted by molar-refractivity contribution is 6.20. The lowest BCUT2D eigenvalue weighted by atomic mass is 9.95. The minimum absolute atomic E-state index is 0.0232. The quantitative estimate of drug-likeness (QED) is 0.00976. The molecule has 15 rings (SSSR count). The molecule has 1 aliphatic rings. The zero-order valence-corrected chi connectivity index (χ0v) is 77.4. The normalized spacial score (nSPS) is 12.3. The van der Waals surface area contributed by atoms with Crippen LogP contribution in [0.3, 0.4) is 0 Å². The van der Waals surface area contributed by atoms with Gasteiger partial charge in [-0.2, -0.15) is 0 Å². The van der Waals surface area contributed by atoms with E-state index in [-0.39, 0.29) is 217 Å². The number of rotatable bonds is 39. The monoisotopic (exact) mass is 1880 g/mol. The molecule has 1 atom stereocenters. The molecule has 14 aromatic rings. The van der Waals surface area contributed by atoms with Crippen LogP contribution in [0.5, 0.6) is 5.75 Å². The predicted octanol–water partition coefficient (Wildman–Crippen LogP) is 8.86. The zero-order valence-electron chi connectivity index (χ0n) is 76.6. The first-order valence-electron chi connectivity index (χ1n) is 43.6. The average molecular weight is 1880 g/mol. The van der Waals surface area contributed by atoms with E-state index in [1.165, 1.54) is 99.7 Å². The molecule has 3 aromatic carbocycles. The maximum absolute atomic E-state index is 14.1. The van der Waals surface area contributed by atoms with Crippen molar-refractivity contribution < 1.29 is 77.0 Å². The minimum Gasteiger partial charge on any atom is -0.507 e. The van der Waals surface area contributed by atoms with Crippen LogP contribution >= 0.6 is 11.6 Å². The average Bonchev–Trinajstić information content (AvgIpc) is 1.59. The molecule has 41 nitrogen and oxygen atoms in total. The number of carbonyl (C=O) groups excluding carboxylic acids is 15. The summed E-state index contributed by atoms with van der Waals surface area (Å²) < 4.78 is 15.0. The molecule has 706 valence electrons. The number of Topliss-reactive ketones (excluding diaryl/α,β-unsaturated/α-hetero) is 6. The van der Waals surface area contributed by atoms with Crippen LogP contribution < -0.4 is 47.4 Å². The van der Waals surface area contributed by atoms with E-state index < -0.39 is 47.1 Å². The second-order valence-corrected chi connectivity index (χ2v) is 34.4. The number of alkyl halides is 1. The van der Waals surface area contributed by atoms with Crippen molar-refractivity contribution in [2.75, 3.05) is 62.3 Å². The van der Waals surface area contributed by atoms with E-state index in [1.54, 1.807) is 133 Å². The molecule has 0 saturated carbocycles. The summed E-state index contributed by atoms with van der Waals surface area (Å²) in [6, 6.07) is 24.1. The number of carbonyl (C=O) groups is 15. The Balaban J connectivity index is 0.445. The van der Waals surface area contributed by atoms with Gasteiger partial charge in [0.1, 0.15) is 40.1 Å². The summed E-state index contributed by atoms with van der Waals surface area (Å²) in [5, 5.41) is 34.5. The maximum Gasteiger partial charge on any atom is 0.292 e. The van der Waals surface area contributed by atoms with Gasteiger partial charge in [-0.1, -0.05) is 30.3 Å². The summed E-state index contributed by atoms with van der Waals surface area (Å²) >= 11 is 6.44. The molecule has 0 bridgehead atoms. The molecular formula is C95H98ClN25O16. The largest absolute Gasteiger partial charge is 0.507 e. The van der Waals surface area contributed by atoms with Gasteiger partial charge >= 0.3 is 0 Å². The molecule has 137 heavy (non-hydrogen) atoms. The molecule has 12 heterocycles. The number of nitrogens with zero attached hydrogens (tertiary/aromatic N) is 16. The van der Waals surface area contributed by atoms with E-state index >= 15 is 0 Å². The number of aromatic nitrogens is 16. The lowest BCUT2D eigenvalue weighted by Gasteiger charge is -2.17. The van der Waals surface area contributed by atoms with Crippen molar-refractivity contribution in [1.82, 2.24) is 86.2 Å². The van der Waals surface area contributed by atoms with Crippen molar-refractivity contribution in [3.8, 4) is 5.75 Å². The minimum atomic E-state index is -0.674. The third-order valence-corrected chi connectivity index (χ3v) is 23.7. The number of benzene rings is 3. The van der Waals surface area contributed by atoms with Crippen LogP contribution in [0.15, 0.2) is 147 Å². The Hall–Kier alpha value is -16.8. The molecule has 11 aromatic heterocycles. The predicted molar refractivity (Wildman–Crippen MR) is 505 cm³/mol. The fourth-order valence-corrected chi connectivity index (χ4v) is 17.1. The molecule has 0 spiro atoms. The van der Waals surface area contributed by atoms with Crippen molar-refractivity contribution in [3.05, 3.63) is 244 Å². The number of H-pyrrole nitrogens is 1. The smallest absolute Gasteiger partial charge is 0.292 e. The molecule has 1 unspecified atom stereocenters. The number of amides is 9. The maximum atomic E-state index is 14.1. The van der Waals surface area contributed by atoms with Crippen molar-refractivity contribution >= 4 is 161 Å². The standard InChI is InChI=1S/C95H98ClN25O16/c1-51(122)99-79-48-118(9)88(107-79)94(136)110-81-50-120(11)87(109-81)93(135)103-59-35-72(114(5)44-59)90(132)98-25-23-82(130)106-80-49-119(10)86(108-80)92(134)104-60-36-73(115(6)45-60)91(133)102-58-34-71(113(4)43-58)89(131)97-24-15-17-63(124)33-57-46-116(7)85(100-57)78(129)37-61-47-117(8)84(101-61)77(128)31-54-29-68(111(2)41-54)74(125)20-14-16-62(123)27-53-28-69(112(3)40-53)76(127)30-52-21-22-66-55(26-52)32-67(105-66)95(137)121-42-56(39-96)83-65-19-13-12-18-64(65)75(126)38-70(83)121/h12-13,18-19,21-22,26,28-29,32,34-36,38,40-41,43-50,56,105,126H,14-17,20,23-25,27,30-31,33,37,39,42H2,1-11H3,(H,97,131)(H,98,132)(H,99,122)(H,102,133)(H,103,135)(H,104,134)(H,106,130)(H,110,136). The van der Waals surface area contributed by atoms with Gasteiger partial charge in [-0.3, -0.25) is 71.9 Å². The number of aromatic amines is 1. The van der Waals surface area contributed by atoms with Gasteiger partial charge in [-0.15, -0.1) is 11.6 Å². The number of phenolic OH excluding ortho intramolecular Hbond substituents is 1. The number of halogens is 1. The first-order chi connectivity index (χ1) is 65.3. The zero-order chi connectivity index (χ0) is 97.8. The van der Waals surface area contributed by atoms with Gasteiger partial charge < -0.3 is 103 Å². The number of ketones is 6.